The molecule has 0 spiro atoms. The largest absolute Gasteiger partial charge is 0.492 e. The first-order valence-corrected chi connectivity index (χ1v) is 10.1. The second-order valence-electron chi connectivity index (χ2n) is 7.43. The molecule has 4 rings (SSSR count). The number of aliphatic hydroxyl groups is 1. The van der Waals surface area contributed by atoms with Gasteiger partial charge in [0, 0.05) is 7.05 Å². The second kappa shape index (κ2) is 8.72. The summed E-state index contributed by atoms with van der Waals surface area (Å²) in [5.74, 6) is 1.42. The summed E-state index contributed by atoms with van der Waals surface area (Å²) >= 11 is 0. The Morgan fingerprint density at radius 1 is 1.20 bits per heavy atom. The number of aliphatic hydroxyl groups excluding tert-OH is 1. The van der Waals surface area contributed by atoms with Crippen LogP contribution in [0.2, 0.25) is 0 Å². The molecule has 10 heteroatoms. The van der Waals surface area contributed by atoms with Gasteiger partial charge >= 0.3 is 5.69 Å². The van der Waals surface area contributed by atoms with Crippen LogP contribution in [0, 0.1) is 0 Å². The molecule has 0 bridgehead atoms. The van der Waals surface area contributed by atoms with Gasteiger partial charge in [-0.25, -0.2) is 4.79 Å². The lowest BCUT2D eigenvalue weighted by Crippen LogP contribution is -3.15. The molecule has 0 aliphatic carbocycles. The second-order valence-corrected chi connectivity index (χ2v) is 7.43. The minimum Gasteiger partial charge on any atom is -0.492 e. The van der Waals surface area contributed by atoms with E-state index in [0.717, 1.165) is 38.5 Å². The Morgan fingerprint density at radius 3 is 2.63 bits per heavy atom. The first kappa shape index (κ1) is 20.2. The lowest BCUT2D eigenvalue weighted by atomic mass is 10.3. The molecular weight excluding hydrogens is 388 g/mol. The van der Waals surface area contributed by atoms with Crippen molar-refractivity contribution in [2.45, 2.75) is 6.54 Å². The Balaban J connectivity index is 1.65. The van der Waals surface area contributed by atoms with Crippen molar-refractivity contribution in [3.63, 3.8) is 0 Å². The molecule has 3 aromatic rings. The summed E-state index contributed by atoms with van der Waals surface area (Å²) in [5, 5.41) is 9.18. The molecule has 0 unspecified atom stereocenters. The Kier molecular flexibility index (Phi) is 5.86. The van der Waals surface area contributed by atoms with Gasteiger partial charge in [-0.05, 0) is 12.1 Å². The van der Waals surface area contributed by atoms with E-state index in [1.54, 1.807) is 7.05 Å². The summed E-state index contributed by atoms with van der Waals surface area (Å²) in [7, 11) is 1.60. The van der Waals surface area contributed by atoms with Gasteiger partial charge in [0.1, 0.15) is 18.9 Å². The van der Waals surface area contributed by atoms with Crippen molar-refractivity contribution < 1.29 is 14.7 Å². The molecule has 1 aliphatic heterocycles. The number of aryl methyl sites for hydroxylation is 1. The third-order valence-corrected chi connectivity index (χ3v) is 5.53. The average molecular weight is 415 g/mol. The van der Waals surface area contributed by atoms with Crippen LogP contribution in [0.15, 0.2) is 39.9 Å². The van der Waals surface area contributed by atoms with Crippen LogP contribution in [-0.2, 0) is 13.6 Å². The highest BCUT2D eigenvalue weighted by Crippen LogP contribution is 2.20. The number of ether oxygens (including phenoxy) is 1. The topological polar surface area (TPSA) is 110 Å². The molecule has 1 saturated heterocycles. The highest BCUT2D eigenvalue weighted by atomic mass is 16.5. The van der Waals surface area contributed by atoms with E-state index < -0.39 is 11.2 Å². The summed E-state index contributed by atoms with van der Waals surface area (Å²) in [5.41, 5.74) is -0.199. The number of aromatic amines is 1. The SMILES string of the molecule is Cn1c(=O)[nH]c(=O)c2c1nc(N1CC[NH+](CCO)CC1)n2CCOc1ccccc1. The van der Waals surface area contributed by atoms with Gasteiger partial charge in [-0.3, -0.25) is 14.3 Å². The number of nitrogens with zero attached hydrogens (tertiary/aromatic N) is 4. The van der Waals surface area contributed by atoms with Crippen LogP contribution in [0.5, 0.6) is 5.75 Å². The van der Waals surface area contributed by atoms with E-state index in [-0.39, 0.29) is 6.61 Å². The van der Waals surface area contributed by atoms with Gasteiger partial charge in [0.2, 0.25) is 5.95 Å². The number of para-hydroxylation sites is 1. The predicted octanol–water partition coefficient (Wildman–Crippen LogP) is -1.80. The summed E-state index contributed by atoms with van der Waals surface area (Å²) in [6.45, 7) is 4.94. The fraction of sp³-hybridized carbons (Fsp3) is 0.450. The van der Waals surface area contributed by atoms with Gasteiger partial charge < -0.3 is 24.2 Å². The van der Waals surface area contributed by atoms with Crippen molar-refractivity contribution in [3.05, 3.63) is 51.2 Å². The van der Waals surface area contributed by atoms with E-state index in [9.17, 15) is 14.7 Å². The predicted molar refractivity (Wildman–Crippen MR) is 112 cm³/mol. The van der Waals surface area contributed by atoms with E-state index in [2.05, 4.69) is 14.9 Å². The number of nitrogens with one attached hydrogen (secondary N) is 2. The zero-order chi connectivity index (χ0) is 21.1. The number of hydrogen-bond donors (Lipinski definition) is 3. The van der Waals surface area contributed by atoms with Crippen LogP contribution in [0.1, 0.15) is 0 Å². The molecule has 1 aliphatic rings. The third kappa shape index (κ3) is 3.96. The van der Waals surface area contributed by atoms with E-state index in [1.807, 2.05) is 34.9 Å². The highest BCUT2D eigenvalue weighted by Gasteiger charge is 2.26. The highest BCUT2D eigenvalue weighted by molar-refractivity contribution is 5.74. The zero-order valence-electron chi connectivity index (χ0n) is 17.0. The van der Waals surface area contributed by atoms with Gasteiger partial charge in [-0.15, -0.1) is 0 Å². The Morgan fingerprint density at radius 2 is 1.93 bits per heavy atom. The minimum absolute atomic E-state index is 0.169. The maximum Gasteiger partial charge on any atom is 0.329 e. The first-order chi connectivity index (χ1) is 14.6. The maximum absolute atomic E-state index is 12.6. The lowest BCUT2D eigenvalue weighted by molar-refractivity contribution is -0.900. The van der Waals surface area contributed by atoms with Crippen molar-refractivity contribution in [3.8, 4) is 5.75 Å². The molecule has 0 saturated carbocycles. The van der Waals surface area contributed by atoms with Gasteiger partial charge in [-0.2, -0.15) is 4.98 Å². The Bertz CT molecular complexity index is 1110. The van der Waals surface area contributed by atoms with E-state index in [4.69, 9.17) is 4.74 Å². The number of benzene rings is 1. The fourth-order valence-electron chi connectivity index (χ4n) is 3.88. The van der Waals surface area contributed by atoms with Crippen molar-refractivity contribution in [2.75, 3.05) is 50.8 Å². The molecule has 2 aromatic heterocycles. The number of fused-ring (bicyclic) bond motifs is 1. The monoisotopic (exact) mass is 415 g/mol. The molecule has 0 atom stereocenters. The van der Waals surface area contributed by atoms with Crippen LogP contribution in [0.25, 0.3) is 11.2 Å². The van der Waals surface area contributed by atoms with E-state index in [0.29, 0.717) is 30.3 Å². The van der Waals surface area contributed by atoms with E-state index >= 15 is 0 Å². The fourth-order valence-corrected chi connectivity index (χ4v) is 3.88. The molecule has 1 aromatic carbocycles. The molecule has 3 heterocycles. The summed E-state index contributed by atoms with van der Waals surface area (Å²) < 4.78 is 9.04. The number of imidazole rings is 1. The molecule has 1 fully saturated rings. The summed E-state index contributed by atoms with van der Waals surface area (Å²) in [4.78, 5) is 35.2. The molecule has 0 amide bonds. The average Bonchev–Trinajstić information content (AvgIpc) is 3.14. The number of anilines is 1. The quantitative estimate of drug-likeness (QED) is 0.420. The molecule has 10 nitrogen and oxygen atoms in total. The normalized spacial score (nSPS) is 15.1. The van der Waals surface area contributed by atoms with Crippen LogP contribution < -0.4 is 25.8 Å². The van der Waals surface area contributed by atoms with Crippen molar-refractivity contribution in [1.82, 2.24) is 19.1 Å². The van der Waals surface area contributed by atoms with Crippen LogP contribution in [0.4, 0.5) is 5.95 Å². The lowest BCUT2D eigenvalue weighted by Gasteiger charge is -2.32. The van der Waals surface area contributed by atoms with E-state index in [1.165, 1.54) is 9.47 Å². The number of piperazine rings is 1. The third-order valence-electron chi connectivity index (χ3n) is 5.53. The number of hydrogen-bond acceptors (Lipinski definition) is 6. The van der Waals surface area contributed by atoms with Gasteiger partial charge in [-0.1, -0.05) is 18.2 Å². The minimum atomic E-state index is -0.485. The van der Waals surface area contributed by atoms with Gasteiger partial charge in [0.25, 0.3) is 5.56 Å². The van der Waals surface area contributed by atoms with Gasteiger partial charge in [0.15, 0.2) is 11.2 Å². The standard InChI is InChI=1S/C20H26N6O4/c1-23-17-16(18(28)22-20(23)29)26(12-14-30-15-5-3-2-4-6-15)19(21-17)25-9-7-24(8-10-25)11-13-27/h2-6,27H,7-14H2,1H3,(H,22,28,29)/p+1. The van der Waals surface area contributed by atoms with Crippen LogP contribution in [0.3, 0.4) is 0 Å². The van der Waals surface area contributed by atoms with Crippen LogP contribution >= 0.6 is 0 Å². The summed E-state index contributed by atoms with van der Waals surface area (Å²) in [6.07, 6.45) is 0. The zero-order valence-corrected chi connectivity index (χ0v) is 17.0. The van der Waals surface area contributed by atoms with Crippen molar-refractivity contribution in [1.29, 1.82) is 0 Å². The molecule has 3 N–H and O–H groups in total. The molecular formula is C20H27N6O4+. The maximum atomic E-state index is 12.6. The molecule has 0 radical (unpaired) electrons. The number of quaternary nitrogens is 1. The number of H-pyrrole nitrogens is 1. The van der Waals surface area contributed by atoms with Gasteiger partial charge in [0.05, 0.1) is 39.3 Å². The smallest absolute Gasteiger partial charge is 0.329 e. The van der Waals surface area contributed by atoms with Crippen molar-refractivity contribution >= 4 is 17.1 Å². The number of aromatic nitrogens is 4. The summed E-state index contributed by atoms with van der Waals surface area (Å²) in [6, 6.07) is 9.50. The Labute approximate surface area is 172 Å². The van der Waals surface area contributed by atoms with Crippen molar-refractivity contribution in [2.24, 2.45) is 7.05 Å². The molecule has 160 valence electrons. The Hall–Kier alpha value is -3.11. The molecule has 30 heavy (non-hydrogen) atoms. The number of rotatable bonds is 7. The van der Waals surface area contributed by atoms with Crippen LogP contribution in [-0.4, -0.2) is 70.1 Å². The first-order valence-electron chi connectivity index (χ1n) is 10.1.